The number of aromatic nitrogens is 3. The SMILES string of the molecule is COc1ccc(-c2ccc(=O)n(C(NC(C)=O)c3ccccn3)n2)cc1. The van der Waals surface area contributed by atoms with Crippen LogP contribution in [-0.2, 0) is 4.79 Å². The molecule has 0 aliphatic heterocycles. The molecule has 0 aliphatic carbocycles. The average Bonchev–Trinajstić information content (AvgIpc) is 2.67. The van der Waals surface area contributed by atoms with Crippen LogP contribution in [0.5, 0.6) is 5.75 Å². The number of amides is 1. The van der Waals surface area contributed by atoms with Crippen LogP contribution in [0.15, 0.2) is 65.6 Å². The van der Waals surface area contributed by atoms with Gasteiger partial charge in [-0.15, -0.1) is 0 Å². The van der Waals surface area contributed by atoms with Gasteiger partial charge in [0.1, 0.15) is 5.75 Å². The molecule has 0 bridgehead atoms. The fourth-order valence-electron chi connectivity index (χ4n) is 2.52. The Morgan fingerprint density at radius 1 is 1.12 bits per heavy atom. The molecular weight excluding hydrogens is 332 g/mol. The number of hydrogen-bond donors (Lipinski definition) is 1. The van der Waals surface area contributed by atoms with Crippen LogP contribution in [0.25, 0.3) is 11.3 Å². The Labute approximate surface area is 150 Å². The first-order valence-corrected chi connectivity index (χ1v) is 8.01. The zero-order valence-electron chi connectivity index (χ0n) is 14.4. The highest BCUT2D eigenvalue weighted by Gasteiger charge is 2.19. The van der Waals surface area contributed by atoms with Gasteiger partial charge in [-0.2, -0.15) is 5.10 Å². The molecule has 26 heavy (non-hydrogen) atoms. The van der Waals surface area contributed by atoms with Gasteiger partial charge in [-0.3, -0.25) is 14.6 Å². The number of methoxy groups -OCH3 is 1. The van der Waals surface area contributed by atoms with Gasteiger partial charge in [-0.25, -0.2) is 4.68 Å². The molecule has 1 unspecified atom stereocenters. The number of hydrogen-bond acceptors (Lipinski definition) is 5. The lowest BCUT2D eigenvalue weighted by Crippen LogP contribution is -2.39. The fourth-order valence-corrected chi connectivity index (χ4v) is 2.52. The summed E-state index contributed by atoms with van der Waals surface area (Å²) < 4.78 is 6.38. The maximum absolute atomic E-state index is 12.4. The number of nitrogens with zero attached hydrogens (tertiary/aromatic N) is 3. The smallest absolute Gasteiger partial charge is 0.269 e. The van der Waals surface area contributed by atoms with Crippen LogP contribution in [0.4, 0.5) is 0 Å². The Hall–Kier alpha value is -3.48. The van der Waals surface area contributed by atoms with Crippen molar-refractivity contribution in [2.75, 3.05) is 7.11 Å². The number of pyridine rings is 1. The fraction of sp³-hybridized carbons (Fsp3) is 0.158. The molecule has 132 valence electrons. The molecule has 0 saturated carbocycles. The maximum Gasteiger partial charge on any atom is 0.269 e. The van der Waals surface area contributed by atoms with Crippen LogP contribution in [0.3, 0.4) is 0 Å². The van der Waals surface area contributed by atoms with Gasteiger partial charge in [0.25, 0.3) is 5.56 Å². The van der Waals surface area contributed by atoms with Gasteiger partial charge in [0.05, 0.1) is 18.5 Å². The van der Waals surface area contributed by atoms with Gasteiger partial charge in [-0.05, 0) is 42.5 Å². The summed E-state index contributed by atoms with van der Waals surface area (Å²) in [5, 5.41) is 7.17. The van der Waals surface area contributed by atoms with E-state index < -0.39 is 6.17 Å². The van der Waals surface area contributed by atoms with E-state index in [1.54, 1.807) is 37.6 Å². The molecule has 0 aliphatic rings. The third kappa shape index (κ3) is 3.77. The largest absolute Gasteiger partial charge is 0.497 e. The van der Waals surface area contributed by atoms with Crippen molar-refractivity contribution >= 4 is 5.91 Å². The summed E-state index contributed by atoms with van der Waals surface area (Å²) in [6.07, 6.45) is 0.807. The monoisotopic (exact) mass is 350 g/mol. The summed E-state index contributed by atoms with van der Waals surface area (Å²) in [6.45, 7) is 1.38. The lowest BCUT2D eigenvalue weighted by atomic mass is 10.1. The molecular formula is C19H18N4O3. The minimum atomic E-state index is -0.792. The molecule has 1 amide bonds. The van der Waals surface area contributed by atoms with Crippen LogP contribution in [-0.4, -0.2) is 27.8 Å². The van der Waals surface area contributed by atoms with E-state index in [9.17, 15) is 9.59 Å². The van der Waals surface area contributed by atoms with Crippen LogP contribution in [0.1, 0.15) is 18.8 Å². The van der Waals surface area contributed by atoms with E-state index in [2.05, 4.69) is 15.4 Å². The van der Waals surface area contributed by atoms with Crippen LogP contribution in [0.2, 0.25) is 0 Å². The summed E-state index contributed by atoms with van der Waals surface area (Å²) >= 11 is 0. The Morgan fingerprint density at radius 2 is 1.88 bits per heavy atom. The van der Waals surface area contributed by atoms with E-state index in [0.717, 1.165) is 11.3 Å². The van der Waals surface area contributed by atoms with E-state index in [0.29, 0.717) is 11.4 Å². The molecule has 1 atom stereocenters. The zero-order valence-corrected chi connectivity index (χ0v) is 14.4. The molecule has 7 nitrogen and oxygen atoms in total. The van der Waals surface area contributed by atoms with Gasteiger partial charge in [0, 0.05) is 24.8 Å². The number of rotatable bonds is 5. The van der Waals surface area contributed by atoms with E-state index >= 15 is 0 Å². The minimum absolute atomic E-state index is 0.288. The Morgan fingerprint density at radius 3 is 2.50 bits per heavy atom. The van der Waals surface area contributed by atoms with Crippen LogP contribution in [0, 0.1) is 0 Å². The number of nitrogens with one attached hydrogen (secondary N) is 1. The van der Waals surface area contributed by atoms with E-state index in [1.165, 1.54) is 17.7 Å². The second-order valence-electron chi connectivity index (χ2n) is 5.59. The number of benzene rings is 1. The summed E-state index contributed by atoms with van der Waals surface area (Å²) in [7, 11) is 1.60. The first-order valence-electron chi connectivity index (χ1n) is 8.01. The highest BCUT2D eigenvalue weighted by molar-refractivity contribution is 5.73. The van der Waals surface area contributed by atoms with Crippen molar-refractivity contribution in [3.63, 3.8) is 0 Å². The molecule has 3 rings (SSSR count). The molecule has 1 N–H and O–H groups in total. The Kier molecular flexibility index (Phi) is 5.07. The van der Waals surface area contributed by atoms with Crippen molar-refractivity contribution < 1.29 is 9.53 Å². The summed E-state index contributed by atoms with van der Waals surface area (Å²) in [5.41, 5.74) is 1.59. The van der Waals surface area contributed by atoms with Crippen molar-refractivity contribution in [2.45, 2.75) is 13.1 Å². The van der Waals surface area contributed by atoms with Crippen molar-refractivity contribution in [3.05, 3.63) is 76.8 Å². The molecule has 3 aromatic rings. The molecule has 2 heterocycles. The predicted molar refractivity (Wildman–Crippen MR) is 96.7 cm³/mol. The van der Waals surface area contributed by atoms with Crippen molar-refractivity contribution in [1.29, 1.82) is 0 Å². The molecule has 2 aromatic heterocycles. The molecule has 1 aromatic carbocycles. The van der Waals surface area contributed by atoms with E-state index in [-0.39, 0.29) is 11.5 Å². The average molecular weight is 350 g/mol. The Bertz CT molecular complexity index is 953. The summed E-state index contributed by atoms with van der Waals surface area (Å²) in [5.74, 6) is 0.441. The topological polar surface area (TPSA) is 86.1 Å². The normalized spacial score (nSPS) is 11.6. The molecule has 0 radical (unpaired) electrons. The molecule has 0 saturated heterocycles. The number of carbonyl (C=O) groups excluding carboxylic acids is 1. The van der Waals surface area contributed by atoms with Crippen molar-refractivity contribution in [1.82, 2.24) is 20.1 Å². The van der Waals surface area contributed by atoms with Gasteiger partial charge >= 0.3 is 0 Å². The maximum atomic E-state index is 12.4. The standard InChI is InChI=1S/C19H18N4O3/c1-13(24)21-19(17-5-3-4-12-20-17)23-18(25)11-10-16(22-23)14-6-8-15(26-2)9-7-14/h3-12,19H,1-2H3,(H,21,24). The quantitative estimate of drug-likeness (QED) is 0.761. The first-order chi connectivity index (χ1) is 12.6. The van der Waals surface area contributed by atoms with E-state index in [1.807, 2.05) is 24.3 Å². The molecule has 0 fully saturated rings. The third-order valence-electron chi connectivity index (χ3n) is 3.76. The van der Waals surface area contributed by atoms with Crippen molar-refractivity contribution in [3.8, 4) is 17.0 Å². The summed E-state index contributed by atoms with van der Waals surface area (Å²) in [4.78, 5) is 28.3. The molecule has 7 heteroatoms. The highest BCUT2D eigenvalue weighted by atomic mass is 16.5. The van der Waals surface area contributed by atoms with Gasteiger partial charge in [0.15, 0.2) is 6.17 Å². The molecule has 0 spiro atoms. The summed E-state index contributed by atoms with van der Waals surface area (Å²) in [6, 6.07) is 15.7. The predicted octanol–water partition coefficient (Wildman–Crippen LogP) is 2.00. The highest BCUT2D eigenvalue weighted by Crippen LogP contribution is 2.20. The lowest BCUT2D eigenvalue weighted by molar-refractivity contribution is -0.120. The van der Waals surface area contributed by atoms with E-state index in [4.69, 9.17) is 4.74 Å². The second-order valence-corrected chi connectivity index (χ2v) is 5.59. The third-order valence-corrected chi connectivity index (χ3v) is 3.76. The van der Waals surface area contributed by atoms with Crippen molar-refractivity contribution in [2.24, 2.45) is 0 Å². The van der Waals surface area contributed by atoms with Gasteiger partial charge < -0.3 is 10.1 Å². The minimum Gasteiger partial charge on any atom is -0.497 e. The number of carbonyl (C=O) groups is 1. The number of ether oxygens (including phenoxy) is 1. The van der Waals surface area contributed by atoms with Gasteiger partial charge in [0.2, 0.25) is 5.91 Å². The van der Waals surface area contributed by atoms with Crippen LogP contribution >= 0.6 is 0 Å². The Balaban J connectivity index is 2.06. The second kappa shape index (κ2) is 7.60. The first kappa shape index (κ1) is 17.3. The van der Waals surface area contributed by atoms with Gasteiger partial charge in [-0.1, -0.05) is 6.07 Å². The van der Waals surface area contributed by atoms with Crippen LogP contribution < -0.4 is 15.6 Å². The zero-order chi connectivity index (χ0) is 18.5. The lowest BCUT2D eigenvalue weighted by Gasteiger charge is -2.19.